The van der Waals surface area contributed by atoms with E-state index in [2.05, 4.69) is 26.1 Å². The number of halogens is 2. The lowest BCUT2D eigenvalue weighted by Crippen LogP contribution is -1.80. The molecule has 0 N–H and O–H groups in total. The van der Waals surface area contributed by atoms with Crippen LogP contribution < -0.4 is 0 Å². The van der Waals surface area contributed by atoms with Crippen LogP contribution in [-0.2, 0) is 5.33 Å². The maximum absolute atomic E-state index is 5.76. The molecular formula is C9H6BrClN2O. The van der Waals surface area contributed by atoms with Crippen LogP contribution in [0.1, 0.15) is 5.82 Å². The van der Waals surface area contributed by atoms with E-state index in [1.165, 1.54) is 0 Å². The van der Waals surface area contributed by atoms with E-state index in [0.717, 1.165) is 5.56 Å². The molecule has 5 heteroatoms. The third-order valence-corrected chi connectivity index (χ3v) is 2.43. The molecule has 3 nitrogen and oxygen atoms in total. The number of aromatic nitrogens is 2. The van der Waals surface area contributed by atoms with Crippen molar-refractivity contribution < 1.29 is 4.52 Å². The van der Waals surface area contributed by atoms with Crippen molar-refractivity contribution in [2.75, 3.05) is 0 Å². The van der Waals surface area contributed by atoms with Crippen LogP contribution in [0.2, 0.25) is 5.02 Å². The van der Waals surface area contributed by atoms with Gasteiger partial charge in [0.05, 0.1) is 5.33 Å². The molecule has 1 aromatic heterocycles. The predicted octanol–water partition coefficient (Wildman–Crippen LogP) is 3.28. The summed E-state index contributed by atoms with van der Waals surface area (Å²) < 4.78 is 5.05. The molecule has 0 amide bonds. The van der Waals surface area contributed by atoms with Gasteiger partial charge in [-0.25, -0.2) is 0 Å². The van der Waals surface area contributed by atoms with Gasteiger partial charge >= 0.3 is 0 Å². The van der Waals surface area contributed by atoms with Crippen LogP contribution in [-0.4, -0.2) is 10.1 Å². The molecular weight excluding hydrogens is 267 g/mol. The zero-order chi connectivity index (χ0) is 9.97. The van der Waals surface area contributed by atoms with Crippen molar-refractivity contribution in [1.29, 1.82) is 0 Å². The first-order valence-corrected chi connectivity index (χ1v) is 5.44. The van der Waals surface area contributed by atoms with Gasteiger partial charge in [0.15, 0.2) is 5.82 Å². The molecule has 72 valence electrons. The smallest absolute Gasteiger partial charge is 0.257 e. The van der Waals surface area contributed by atoms with E-state index in [9.17, 15) is 0 Å². The van der Waals surface area contributed by atoms with Crippen molar-refractivity contribution in [2.24, 2.45) is 0 Å². The second-order valence-corrected chi connectivity index (χ2v) is 3.65. The zero-order valence-electron chi connectivity index (χ0n) is 7.08. The number of alkyl halides is 1. The molecule has 14 heavy (non-hydrogen) atoms. The summed E-state index contributed by atoms with van der Waals surface area (Å²) in [6.07, 6.45) is 0. The molecule has 1 heterocycles. The van der Waals surface area contributed by atoms with Gasteiger partial charge in [-0.15, -0.1) is 0 Å². The standard InChI is InChI=1S/C9H6BrClN2O/c10-5-8-12-9(14-13-8)6-1-3-7(11)4-2-6/h1-4H,5H2. The van der Waals surface area contributed by atoms with E-state index in [-0.39, 0.29) is 0 Å². The van der Waals surface area contributed by atoms with Gasteiger partial charge in [0.2, 0.25) is 0 Å². The quantitative estimate of drug-likeness (QED) is 0.788. The summed E-state index contributed by atoms with van der Waals surface area (Å²) in [7, 11) is 0. The highest BCUT2D eigenvalue weighted by atomic mass is 79.9. The Morgan fingerprint density at radius 2 is 2.00 bits per heavy atom. The Bertz CT molecular complexity index is 427. The van der Waals surface area contributed by atoms with Gasteiger partial charge < -0.3 is 4.52 Å². The minimum absolute atomic E-state index is 0.510. The molecule has 1 aromatic carbocycles. The van der Waals surface area contributed by atoms with E-state index in [1.54, 1.807) is 12.1 Å². The van der Waals surface area contributed by atoms with E-state index in [0.29, 0.717) is 22.1 Å². The fourth-order valence-corrected chi connectivity index (χ4v) is 1.37. The fraction of sp³-hybridized carbons (Fsp3) is 0.111. The number of hydrogen-bond donors (Lipinski definition) is 0. The van der Waals surface area contributed by atoms with Crippen molar-refractivity contribution >= 4 is 27.5 Å². The Balaban J connectivity index is 2.34. The number of benzene rings is 1. The topological polar surface area (TPSA) is 38.9 Å². The molecule has 0 aliphatic heterocycles. The Morgan fingerprint density at radius 1 is 1.29 bits per heavy atom. The van der Waals surface area contributed by atoms with Crippen molar-refractivity contribution in [2.45, 2.75) is 5.33 Å². The van der Waals surface area contributed by atoms with Crippen LogP contribution in [0.3, 0.4) is 0 Å². The highest BCUT2D eigenvalue weighted by Gasteiger charge is 2.06. The Morgan fingerprint density at radius 3 is 2.57 bits per heavy atom. The minimum atomic E-state index is 0.510. The van der Waals surface area contributed by atoms with Gasteiger partial charge in [0, 0.05) is 10.6 Å². The Hall–Kier alpha value is -0.870. The molecule has 2 aromatic rings. The van der Waals surface area contributed by atoms with Crippen molar-refractivity contribution in [3.8, 4) is 11.5 Å². The van der Waals surface area contributed by atoms with Gasteiger partial charge in [-0.05, 0) is 24.3 Å². The third kappa shape index (κ3) is 1.96. The van der Waals surface area contributed by atoms with Gasteiger partial charge in [0.25, 0.3) is 5.89 Å². The first kappa shape index (κ1) is 9.68. The molecule has 0 fully saturated rings. The lowest BCUT2D eigenvalue weighted by molar-refractivity contribution is 0.425. The summed E-state index contributed by atoms with van der Waals surface area (Å²) in [6.45, 7) is 0. The summed E-state index contributed by atoms with van der Waals surface area (Å²) in [5.41, 5.74) is 0.870. The van der Waals surface area contributed by atoms with Crippen molar-refractivity contribution in [3.05, 3.63) is 35.1 Å². The molecule has 0 atom stereocenters. The van der Waals surface area contributed by atoms with Crippen LogP contribution in [0.15, 0.2) is 28.8 Å². The minimum Gasteiger partial charge on any atom is -0.334 e. The van der Waals surface area contributed by atoms with Gasteiger partial charge in [-0.2, -0.15) is 4.98 Å². The van der Waals surface area contributed by atoms with Crippen LogP contribution in [0.4, 0.5) is 0 Å². The van der Waals surface area contributed by atoms with E-state index in [1.807, 2.05) is 12.1 Å². The van der Waals surface area contributed by atoms with Crippen LogP contribution in [0.5, 0.6) is 0 Å². The summed E-state index contributed by atoms with van der Waals surface area (Å²) in [5.74, 6) is 1.14. The summed E-state index contributed by atoms with van der Waals surface area (Å²) in [4.78, 5) is 4.16. The van der Waals surface area contributed by atoms with Crippen molar-refractivity contribution in [3.63, 3.8) is 0 Å². The maximum Gasteiger partial charge on any atom is 0.257 e. The fourth-order valence-electron chi connectivity index (χ4n) is 1.02. The monoisotopic (exact) mass is 272 g/mol. The van der Waals surface area contributed by atoms with E-state index < -0.39 is 0 Å². The molecule has 0 saturated heterocycles. The number of rotatable bonds is 2. The summed E-state index contributed by atoms with van der Waals surface area (Å²) in [5, 5.41) is 5.04. The maximum atomic E-state index is 5.76. The van der Waals surface area contributed by atoms with E-state index >= 15 is 0 Å². The number of hydrogen-bond acceptors (Lipinski definition) is 3. The number of nitrogens with zero attached hydrogens (tertiary/aromatic N) is 2. The van der Waals surface area contributed by atoms with Crippen molar-refractivity contribution in [1.82, 2.24) is 10.1 Å². The highest BCUT2D eigenvalue weighted by molar-refractivity contribution is 9.08. The molecule has 0 bridgehead atoms. The van der Waals surface area contributed by atoms with Gasteiger partial charge in [-0.1, -0.05) is 32.7 Å². The second kappa shape index (κ2) is 4.11. The first-order chi connectivity index (χ1) is 6.79. The van der Waals surface area contributed by atoms with Crippen LogP contribution in [0, 0.1) is 0 Å². The SMILES string of the molecule is Clc1ccc(-c2nc(CBr)no2)cc1. The lowest BCUT2D eigenvalue weighted by atomic mass is 10.2. The first-order valence-electron chi connectivity index (χ1n) is 3.94. The van der Waals surface area contributed by atoms with Gasteiger partial charge in [0.1, 0.15) is 0 Å². The molecule has 0 aliphatic carbocycles. The molecule has 0 unspecified atom stereocenters. The summed E-state index contributed by atoms with van der Waals surface area (Å²) >= 11 is 9.01. The Labute approximate surface area is 94.2 Å². The highest BCUT2D eigenvalue weighted by Crippen LogP contribution is 2.19. The molecule has 0 saturated carbocycles. The predicted molar refractivity (Wildman–Crippen MR) is 57.4 cm³/mol. The van der Waals surface area contributed by atoms with Crippen LogP contribution >= 0.6 is 27.5 Å². The lowest BCUT2D eigenvalue weighted by Gasteiger charge is -1.92. The molecule has 0 spiro atoms. The Kier molecular flexibility index (Phi) is 2.84. The average molecular weight is 274 g/mol. The average Bonchev–Trinajstić information content (AvgIpc) is 2.67. The summed E-state index contributed by atoms with van der Waals surface area (Å²) in [6, 6.07) is 7.26. The largest absolute Gasteiger partial charge is 0.334 e. The normalized spacial score (nSPS) is 10.4. The van der Waals surface area contributed by atoms with Crippen LogP contribution in [0.25, 0.3) is 11.5 Å². The molecule has 2 rings (SSSR count). The van der Waals surface area contributed by atoms with Gasteiger partial charge in [-0.3, -0.25) is 0 Å². The molecule has 0 radical (unpaired) electrons. The second-order valence-electron chi connectivity index (χ2n) is 2.66. The molecule has 0 aliphatic rings. The zero-order valence-corrected chi connectivity index (χ0v) is 9.42. The third-order valence-electron chi connectivity index (χ3n) is 1.68. The van der Waals surface area contributed by atoms with E-state index in [4.69, 9.17) is 16.1 Å².